The lowest BCUT2D eigenvalue weighted by molar-refractivity contribution is -0.276. The van der Waals surface area contributed by atoms with Gasteiger partial charge in [-0.1, -0.05) is 0 Å². The number of pyridine rings is 1. The van der Waals surface area contributed by atoms with Gasteiger partial charge in [0, 0.05) is 12.1 Å². The third-order valence-electron chi connectivity index (χ3n) is 2.08. The van der Waals surface area contributed by atoms with Crippen molar-refractivity contribution in [3.8, 4) is 11.9 Å². The molecule has 0 aliphatic carbocycles. The summed E-state index contributed by atoms with van der Waals surface area (Å²) in [6, 6.07) is 2.59. The molecular formula is C10H8F5N3O. The van der Waals surface area contributed by atoms with Crippen LogP contribution in [0.1, 0.15) is 23.2 Å². The molecule has 104 valence electrons. The molecule has 0 aromatic carbocycles. The maximum atomic E-state index is 12.7. The molecule has 4 nitrogen and oxygen atoms in total. The van der Waals surface area contributed by atoms with Gasteiger partial charge in [0.2, 0.25) is 5.88 Å². The second-order valence-electron chi connectivity index (χ2n) is 3.38. The van der Waals surface area contributed by atoms with E-state index in [2.05, 4.69) is 9.72 Å². The van der Waals surface area contributed by atoms with Crippen molar-refractivity contribution < 1.29 is 26.7 Å². The Morgan fingerprint density at radius 3 is 2.42 bits per heavy atom. The number of rotatable bonds is 4. The van der Waals surface area contributed by atoms with E-state index in [4.69, 9.17) is 11.0 Å². The molecule has 0 bridgehead atoms. The van der Waals surface area contributed by atoms with E-state index in [0.29, 0.717) is 0 Å². The molecule has 1 aromatic heterocycles. The van der Waals surface area contributed by atoms with E-state index < -0.39 is 30.8 Å². The van der Waals surface area contributed by atoms with Crippen LogP contribution in [0.5, 0.6) is 5.88 Å². The minimum Gasteiger partial charge on any atom is -0.388 e. The van der Waals surface area contributed by atoms with Gasteiger partial charge >= 0.3 is 6.36 Å². The van der Waals surface area contributed by atoms with Gasteiger partial charge in [-0.05, 0) is 11.6 Å². The van der Waals surface area contributed by atoms with Crippen LogP contribution >= 0.6 is 0 Å². The van der Waals surface area contributed by atoms with E-state index in [0.717, 1.165) is 6.07 Å². The Morgan fingerprint density at radius 2 is 2.00 bits per heavy atom. The van der Waals surface area contributed by atoms with E-state index >= 15 is 0 Å². The van der Waals surface area contributed by atoms with Gasteiger partial charge in [0.1, 0.15) is 5.69 Å². The Labute approximate surface area is 104 Å². The first-order valence-electron chi connectivity index (χ1n) is 4.92. The molecule has 1 heterocycles. The summed E-state index contributed by atoms with van der Waals surface area (Å²) in [6.45, 7) is -0.389. The van der Waals surface area contributed by atoms with Gasteiger partial charge in [-0.25, -0.2) is 13.8 Å². The van der Waals surface area contributed by atoms with Crippen LogP contribution in [-0.2, 0) is 13.0 Å². The van der Waals surface area contributed by atoms with Crippen LogP contribution in [0, 0.1) is 11.3 Å². The van der Waals surface area contributed by atoms with E-state index in [1.807, 2.05) is 0 Å². The number of ether oxygens (including phenoxy) is 1. The highest BCUT2D eigenvalue weighted by molar-refractivity contribution is 5.36. The summed E-state index contributed by atoms with van der Waals surface area (Å²) in [5.74, 6) is -1.02. The van der Waals surface area contributed by atoms with Gasteiger partial charge in [0.25, 0.3) is 6.43 Å². The summed E-state index contributed by atoms with van der Waals surface area (Å²) in [6.07, 6.45) is -8.59. The van der Waals surface area contributed by atoms with Crippen LogP contribution in [0.2, 0.25) is 0 Å². The van der Waals surface area contributed by atoms with Gasteiger partial charge in [-0.15, -0.1) is 13.2 Å². The van der Waals surface area contributed by atoms with Crippen LogP contribution < -0.4 is 10.5 Å². The van der Waals surface area contributed by atoms with Crippen molar-refractivity contribution in [2.75, 3.05) is 0 Å². The van der Waals surface area contributed by atoms with Crippen LogP contribution in [0.4, 0.5) is 22.0 Å². The minimum atomic E-state index is -5.06. The molecule has 0 saturated heterocycles. The average molecular weight is 281 g/mol. The standard InChI is InChI=1S/C10H8F5N3O/c11-8(12)7-5(1-2-16)3-6(4-17)9(18-7)19-10(13,14)15/h3,8H,1,4,17H2. The Bertz CT molecular complexity index is 495. The summed E-state index contributed by atoms with van der Waals surface area (Å²) in [4.78, 5) is 3.12. The van der Waals surface area contributed by atoms with Crippen LogP contribution in [0.15, 0.2) is 6.07 Å². The fourth-order valence-electron chi connectivity index (χ4n) is 1.36. The fraction of sp³-hybridized carbons (Fsp3) is 0.400. The van der Waals surface area contributed by atoms with Gasteiger partial charge < -0.3 is 10.5 Å². The number of nitrogens with zero attached hydrogens (tertiary/aromatic N) is 2. The van der Waals surface area contributed by atoms with Gasteiger partial charge in [-0.3, -0.25) is 0 Å². The Morgan fingerprint density at radius 1 is 1.37 bits per heavy atom. The monoisotopic (exact) mass is 281 g/mol. The summed E-state index contributed by atoms with van der Waals surface area (Å²) >= 11 is 0. The largest absolute Gasteiger partial charge is 0.574 e. The van der Waals surface area contributed by atoms with Crippen LogP contribution in [-0.4, -0.2) is 11.3 Å². The van der Waals surface area contributed by atoms with Gasteiger partial charge in [-0.2, -0.15) is 5.26 Å². The molecule has 0 aliphatic rings. The van der Waals surface area contributed by atoms with E-state index in [9.17, 15) is 22.0 Å². The molecule has 0 fully saturated rings. The number of aromatic nitrogens is 1. The zero-order chi connectivity index (χ0) is 14.6. The second-order valence-corrected chi connectivity index (χ2v) is 3.38. The highest BCUT2D eigenvalue weighted by atomic mass is 19.4. The predicted octanol–water partition coefficient (Wildman–Crippen LogP) is 2.44. The lowest BCUT2D eigenvalue weighted by Crippen LogP contribution is -2.20. The van der Waals surface area contributed by atoms with Gasteiger partial charge in [0.05, 0.1) is 12.5 Å². The Kier molecular flexibility index (Phi) is 4.61. The quantitative estimate of drug-likeness (QED) is 0.860. The predicted molar refractivity (Wildman–Crippen MR) is 53.1 cm³/mol. The fourth-order valence-corrected chi connectivity index (χ4v) is 1.36. The third kappa shape index (κ3) is 4.03. The van der Waals surface area contributed by atoms with Crippen LogP contribution in [0.25, 0.3) is 0 Å². The first-order chi connectivity index (χ1) is 8.78. The molecular weight excluding hydrogens is 273 g/mol. The smallest absolute Gasteiger partial charge is 0.388 e. The SMILES string of the molecule is N#CCc1cc(CN)c(OC(F)(F)F)nc1C(F)F. The molecule has 0 spiro atoms. The first-order valence-corrected chi connectivity index (χ1v) is 4.92. The van der Waals surface area contributed by atoms with Crippen molar-refractivity contribution in [2.24, 2.45) is 5.73 Å². The molecule has 2 N–H and O–H groups in total. The normalized spacial score (nSPS) is 11.5. The van der Waals surface area contributed by atoms with E-state index in [1.54, 1.807) is 6.07 Å². The van der Waals surface area contributed by atoms with Crippen molar-refractivity contribution in [2.45, 2.75) is 25.8 Å². The highest BCUT2D eigenvalue weighted by Gasteiger charge is 2.33. The van der Waals surface area contributed by atoms with E-state index in [-0.39, 0.29) is 17.7 Å². The number of nitriles is 1. The van der Waals surface area contributed by atoms with Crippen molar-refractivity contribution in [1.29, 1.82) is 5.26 Å². The van der Waals surface area contributed by atoms with Crippen molar-refractivity contribution in [1.82, 2.24) is 4.98 Å². The minimum absolute atomic E-state index is 0.174. The Hall–Kier alpha value is -1.95. The molecule has 0 amide bonds. The Balaban J connectivity index is 3.32. The number of alkyl halides is 5. The third-order valence-corrected chi connectivity index (χ3v) is 2.08. The first kappa shape index (κ1) is 15.1. The number of nitrogens with two attached hydrogens (primary N) is 1. The van der Waals surface area contributed by atoms with Crippen LogP contribution in [0.3, 0.4) is 0 Å². The number of hydrogen-bond acceptors (Lipinski definition) is 4. The summed E-state index contributed by atoms with van der Waals surface area (Å²) in [7, 11) is 0. The summed E-state index contributed by atoms with van der Waals surface area (Å²) in [5.41, 5.74) is 3.91. The zero-order valence-electron chi connectivity index (χ0n) is 9.34. The number of hydrogen-bond donors (Lipinski definition) is 1. The van der Waals surface area contributed by atoms with Crippen molar-refractivity contribution >= 4 is 0 Å². The topological polar surface area (TPSA) is 71.9 Å². The maximum absolute atomic E-state index is 12.7. The molecule has 0 radical (unpaired) electrons. The zero-order valence-corrected chi connectivity index (χ0v) is 9.34. The molecule has 0 atom stereocenters. The molecule has 9 heteroatoms. The van der Waals surface area contributed by atoms with Crippen molar-refractivity contribution in [3.63, 3.8) is 0 Å². The lowest BCUT2D eigenvalue weighted by Gasteiger charge is -2.14. The highest BCUT2D eigenvalue weighted by Crippen LogP contribution is 2.30. The summed E-state index contributed by atoms with van der Waals surface area (Å²) in [5, 5.41) is 8.48. The van der Waals surface area contributed by atoms with E-state index in [1.165, 1.54) is 0 Å². The molecule has 0 saturated carbocycles. The summed E-state index contributed by atoms with van der Waals surface area (Å²) < 4.78 is 65.1. The lowest BCUT2D eigenvalue weighted by atomic mass is 10.1. The molecule has 1 aromatic rings. The molecule has 0 unspecified atom stereocenters. The average Bonchev–Trinajstić information content (AvgIpc) is 2.28. The molecule has 0 aliphatic heterocycles. The van der Waals surface area contributed by atoms with Crippen molar-refractivity contribution in [3.05, 3.63) is 22.9 Å². The van der Waals surface area contributed by atoms with Gasteiger partial charge in [0.15, 0.2) is 0 Å². The molecule has 1 rings (SSSR count). The molecule has 19 heavy (non-hydrogen) atoms. The second kappa shape index (κ2) is 5.79. The maximum Gasteiger partial charge on any atom is 0.574 e. The number of halogens is 5.